The number of benzene rings is 2. The van der Waals surface area contributed by atoms with E-state index in [0.29, 0.717) is 5.75 Å². The quantitative estimate of drug-likeness (QED) is 0.737. The molecule has 1 amide bonds. The van der Waals surface area contributed by atoms with Crippen molar-refractivity contribution in [2.75, 3.05) is 26.2 Å². The third-order valence-corrected chi connectivity index (χ3v) is 6.14. The monoisotopic (exact) mass is 428 g/mol. The highest BCUT2D eigenvalue weighted by Crippen LogP contribution is 2.22. The van der Waals surface area contributed by atoms with Gasteiger partial charge >= 0.3 is 10.1 Å². The molecule has 27 heavy (non-hydrogen) atoms. The van der Waals surface area contributed by atoms with Gasteiger partial charge in [-0.1, -0.05) is 42.1 Å². The largest absolute Gasteiger partial charge is 0.379 e. The minimum absolute atomic E-state index is 0. The lowest BCUT2D eigenvalue weighted by Gasteiger charge is -2.26. The van der Waals surface area contributed by atoms with E-state index in [1.165, 1.54) is 23.9 Å². The van der Waals surface area contributed by atoms with E-state index >= 15 is 0 Å². The van der Waals surface area contributed by atoms with Gasteiger partial charge in [-0.15, -0.1) is 12.4 Å². The summed E-state index contributed by atoms with van der Waals surface area (Å²) in [7, 11) is -3.84. The number of hydrogen-bond acceptors (Lipinski definition) is 6. The maximum atomic E-state index is 12.2. The molecule has 1 heterocycles. The lowest BCUT2D eigenvalue weighted by Crippen LogP contribution is -2.45. The topological polar surface area (TPSA) is 75.7 Å². The van der Waals surface area contributed by atoms with E-state index in [0.717, 1.165) is 31.7 Å². The first-order valence-electron chi connectivity index (χ1n) is 8.25. The van der Waals surface area contributed by atoms with Crippen LogP contribution in [0, 0.1) is 0 Å². The standard InChI is InChI=1S/C18H20N2O4S2.ClH/c21-18(20-12-10-19-11-13-20)25-14-15-6-8-16(9-7-15)24-26(22,23)17-4-2-1-3-5-17;/h1-9,19H,10-14H2;1H. The summed E-state index contributed by atoms with van der Waals surface area (Å²) >= 11 is 1.25. The number of nitrogens with zero attached hydrogens (tertiary/aromatic N) is 1. The summed E-state index contributed by atoms with van der Waals surface area (Å²) in [5, 5.41) is 3.28. The van der Waals surface area contributed by atoms with Crippen LogP contribution in [0.2, 0.25) is 0 Å². The van der Waals surface area contributed by atoms with Gasteiger partial charge in [0.15, 0.2) is 0 Å². The molecule has 0 spiro atoms. The second-order valence-electron chi connectivity index (χ2n) is 5.79. The van der Waals surface area contributed by atoms with Crippen LogP contribution >= 0.6 is 24.2 Å². The summed E-state index contributed by atoms with van der Waals surface area (Å²) in [4.78, 5) is 14.1. The van der Waals surface area contributed by atoms with Crippen molar-refractivity contribution in [1.82, 2.24) is 10.2 Å². The molecule has 0 atom stereocenters. The van der Waals surface area contributed by atoms with Gasteiger partial charge in [0.05, 0.1) is 0 Å². The Morgan fingerprint density at radius 3 is 2.30 bits per heavy atom. The van der Waals surface area contributed by atoms with E-state index in [-0.39, 0.29) is 28.3 Å². The number of halogens is 1. The van der Waals surface area contributed by atoms with Crippen LogP contribution in [0.3, 0.4) is 0 Å². The summed E-state index contributed by atoms with van der Waals surface area (Å²) in [5.41, 5.74) is 0.933. The van der Waals surface area contributed by atoms with Crippen molar-refractivity contribution in [3.63, 3.8) is 0 Å². The molecule has 0 bridgehead atoms. The molecule has 0 aromatic heterocycles. The van der Waals surface area contributed by atoms with E-state index in [1.807, 2.05) is 4.90 Å². The molecule has 2 aromatic carbocycles. The maximum absolute atomic E-state index is 12.2. The third-order valence-electron chi connectivity index (χ3n) is 3.90. The van der Waals surface area contributed by atoms with Crippen LogP contribution in [0.4, 0.5) is 4.79 Å². The summed E-state index contributed by atoms with van der Waals surface area (Å²) < 4.78 is 29.5. The zero-order chi connectivity index (χ0) is 18.4. The van der Waals surface area contributed by atoms with Crippen LogP contribution in [-0.4, -0.2) is 44.7 Å². The molecule has 1 fully saturated rings. The van der Waals surface area contributed by atoms with Crippen LogP contribution in [0.15, 0.2) is 59.5 Å². The fourth-order valence-corrected chi connectivity index (χ4v) is 4.29. The molecule has 3 rings (SSSR count). The number of hydrogen-bond donors (Lipinski definition) is 1. The molecule has 9 heteroatoms. The van der Waals surface area contributed by atoms with Gasteiger partial charge in [-0.2, -0.15) is 8.42 Å². The Morgan fingerprint density at radius 1 is 1.04 bits per heavy atom. The number of carbonyl (C=O) groups excluding carboxylic acids is 1. The zero-order valence-electron chi connectivity index (χ0n) is 14.5. The lowest BCUT2D eigenvalue weighted by atomic mass is 10.2. The van der Waals surface area contributed by atoms with Gasteiger partial charge in [0.1, 0.15) is 10.6 Å². The second kappa shape index (κ2) is 9.98. The molecule has 2 aromatic rings. The average molecular weight is 429 g/mol. The Hall–Kier alpha value is -1.74. The van der Waals surface area contributed by atoms with Crippen LogP contribution in [-0.2, 0) is 15.9 Å². The number of carbonyl (C=O) groups is 1. The summed E-state index contributed by atoms with van der Waals surface area (Å²) in [6.45, 7) is 3.12. The molecular weight excluding hydrogens is 408 g/mol. The van der Waals surface area contributed by atoms with Gasteiger partial charge in [0.25, 0.3) is 5.24 Å². The third kappa shape index (κ3) is 6.14. The van der Waals surface area contributed by atoms with Gasteiger partial charge in [-0.25, -0.2) is 0 Å². The number of rotatable bonds is 5. The minimum Gasteiger partial charge on any atom is -0.379 e. The number of piperazine rings is 1. The van der Waals surface area contributed by atoms with Crippen LogP contribution < -0.4 is 9.50 Å². The Balaban J connectivity index is 0.00000261. The van der Waals surface area contributed by atoms with E-state index < -0.39 is 10.1 Å². The molecule has 1 aliphatic rings. The van der Waals surface area contributed by atoms with E-state index in [4.69, 9.17) is 4.18 Å². The van der Waals surface area contributed by atoms with Crippen molar-refractivity contribution in [3.8, 4) is 5.75 Å². The first-order valence-corrected chi connectivity index (χ1v) is 10.6. The van der Waals surface area contributed by atoms with Gasteiger partial charge in [-0.05, 0) is 29.8 Å². The smallest absolute Gasteiger partial charge is 0.339 e. The summed E-state index contributed by atoms with van der Waals surface area (Å²) in [6.07, 6.45) is 0. The summed E-state index contributed by atoms with van der Waals surface area (Å²) in [6, 6.07) is 14.8. The normalized spacial score (nSPS) is 14.3. The Morgan fingerprint density at radius 2 is 1.67 bits per heavy atom. The first kappa shape index (κ1) is 21.6. The van der Waals surface area contributed by atoms with E-state index in [9.17, 15) is 13.2 Å². The highest BCUT2D eigenvalue weighted by molar-refractivity contribution is 8.12. The Labute approximate surface area is 169 Å². The molecule has 0 radical (unpaired) electrons. The van der Waals surface area contributed by atoms with Gasteiger partial charge in [0.2, 0.25) is 0 Å². The van der Waals surface area contributed by atoms with Crippen molar-refractivity contribution in [3.05, 3.63) is 60.2 Å². The number of amides is 1. The number of nitrogens with one attached hydrogen (secondary N) is 1. The molecule has 1 aliphatic heterocycles. The molecule has 0 aliphatic carbocycles. The molecule has 1 saturated heterocycles. The number of thioether (sulfide) groups is 1. The van der Waals surface area contributed by atoms with Crippen molar-refractivity contribution < 1.29 is 17.4 Å². The van der Waals surface area contributed by atoms with Crippen LogP contribution in [0.25, 0.3) is 0 Å². The Bertz CT molecular complexity index is 839. The average Bonchev–Trinajstić information content (AvgIpc) is 2.68. The first-order chi connectivity index (χ1) is 12.5. The van der Waals surface area contributed by atoms with E-state index in [2.05, 4.69) is 5.32 Å². The molecule has 0 saturated carbocycles. The predicted molar refractivity (Wildman–Crippen MR) is 109 cm³/mol. The predicted octanol–water partition coefficient (Wildman–Crippen LogP) is 3.13. The van der Waals surface area contributed by atoms with Crippen molar-refractivity contribution in [2.24, 2.45) is 0 Å². The zero-order valence-corrected chi connectivity index (χ0v) is 17.0. The van der Waals surface area contributed by atoms with Crippen LogP contribution in [0.1, 0.15) is 5.56 Å². The molecular formula is C18H21ClN2O4S2. The highest BCUT2D eigenvalue weighted by Gasteiger charge is 2.17. The van der Waals surface area contributed by atoms with Crippen molar-refractivity contribution in [2.45, 2.75) is 10.6 Å². The van der Waals surface area contributed by atoms with E-state index in [1.54, 1.807) is 42.5 Å². The Kier molecular flexibility index (Phi) is 7.97. The fourth-order valence-electron chi connectivity index (χ4n) is 2.49. The maximum Gasteiger partial charge on any atom is 0.339 e. The van der Waals surface area contributed by atoms with Crippen LogP contribution in [0.5, 0.6) is 5.75 Å². The molecule has 1 N–H and O–H groups in total. The van der Waals surface area contributed by atoms with Crippen molar-refractivity contribution in [1.29, 1.82) is 0 Å². The summed E-state index contributed by atoms with van der Waals surface area (Å²) in [5.74, 6) is 0.783. The lowest BCUT2D eigenvalue weighted by molar-refractivity contribution is 0.215. The SMILES string of the molecule is Cl.O=C(SCc1ccc(OS(=O)(=O)c2ccccc2)cc1)N1CCNCC1. The van der Waals surface area contributed by atoms with Gasteiger partial charge in [-0.3, -0.25) is 4.79 Å². The van der Waals surface area contributed by atoms with Gasteiger partial charge in [0, 0.05) is 31.9 Å². The molecule has 6 nitrogen and oxygen atoms in total. The second-order valence-corrected chi connectivity index (χ2v) is 8.26. The molecule has 0 unspecified atom stereocenters. The highest BCUT2D eigenvalue weighted by atomic mass is 35.5. The van der Waals surface area contributed by atoms with Crippen molar-refractivity contribution >= 4 is 39.5 Å². The fraction of sp³-hybridized carbons (Fsp3) is 0.278. The minimum atomic E-state index is -3.84. The molecule has 146 valence electrons. The van der Waals surface area contributed by atoms with Gasteiger partial charge < -0.3 is 14.4 Å².